The molecular formula is C87H152O17P2. The van der Waals surface area contributed by atoms with Crippen molar-refractivity contribution in [2.45, 2.75) is 380 Å². The zero-order valence-corrected chi connectivity index (χ0v) is 68.9. The maximum atomic E-state index is 13.1. The molecule has 0 bridgehead atoms. The molecule has 3 N–H and O–H groups in total. The summed E-state index contributed by atoms with van der Waals surface area (Å²) in [6.07, 6.45) is 86.4. The summed E-state index contributed by atoms with van der Waals surface area (Å²) in [6, 6.07) is 0. The number of phosphoric ester groups is 2. The third kappa shape index (κ3) is 77.9. The van der Waals surface area contributed by atoms with Gasteiger partial charge in [0.15, 0.2) is 12.2 Å². The maximum Gasteiger partial charge on any atom is 0.472 e. The minimum atomic E-state index is -5.01. The Morgan fingerprint density at radius 3 is 0.783 bits per heavy atom. The van der Waals surface area contributed by atoms with E-state index in [1.807, 2.05) is 24.3 Å². The summed E-state index contributed by atoms with van der Waals surface area (Å²) in [5.41, 5.74) is 0. The molecule has 106 heavy (non-hydrogen) atoms. The SMILES string of the molecule is CCCCC/C=C\C/C=C\C/C=C\C/C=C\CCCC(=O)OC[C@H](COP(=O)(O)OC[C@@H](O)COP(=O)(O)OC[C@@H](COC(=O)CCCCCCCCCCCCCCCCCCC)OC(=O)CCCCCCC/C=C\CCCCCCCC)OC(=O)CCC/C=C\C/C=C\C/C=C\C/C=C\CCCCC. The number of unbranched alkanes of at least 4 members (excludes halogenated alkanes) is 35. The number of esters is 4. The predicted molar refractivity (Wildman–Crippen MR) is 436 cm³/mol. The highest BCUT2D eigenvalue weighted by molar-refractivity contribution is 7.47. The number of rotatable bonds is 79. The van der Waals surface area contributed by atoms with Crippen molar-refractivity contribution in [2.75, 3.05) is 39.6 Å². The number of carbonyl (C=O) groups excluding carboxylic acids is 4. The fourth-order valence-electron chi connectivity index (χ4n) is 11.3. The second-order valence-electron chi connectivity index (χ2n) is 28.1. The molecule has 0 rings (SSSR count). The van der Waals surface area contributed by atoms with Crippen LogP contribution in [0.15, 0.2) is 109 Å². The summed E-state index contributed by atoms with van der Waals surface area (Å²) in [4.78, 5) is 73.1. The van der Waals surface area contributed by atoms with Crippen LogP contribution in [0.2, 0.25) is 0 Å². The molecule has 2 unspecified atom stereocenters. The van der Waals surface area contributed by atoms with Gasteiger partial charge < -0.3 is 33.8 Å². The van der Waals surface area contributed by atoms with E-state index in [0.29, 0.717) is 38.5 Å². The van der Waals surface area contributed by atoms with Crippen molar-refractivity contribution < 1.29 is 80.2 Å². The number of aliphatic hydroxyl groups is 1. The van der Waals surface area contributed by atoms with E-state index in [9.17, 15) is 43.2 Å². The van der Waals surface area contributed by atoms with E-state index >= 15 is 0 Å². The number of allylic oxidation sites excluding steroid dienone is 18. The lowest BCUT2D eigenvalue weighted by molar-refractivity contribution is -0.161. The first kappa shape index (κ1) is 102. The van der Waals surface area contributed by atoms with Gasteiger partial charge in [0.05, 0.1) is 26.4 Å². The molecule has 5 atom stereocenters. The van der Waals surface area contributed by atoms with Crippen LogP contribution >= 0.6 is 15.6 Å². The van der Waals surface area contributed by atoms with Gasteiger partial charge in [0.25, 0.3) is 0 Å². The highest BCUT2D eigenvalue weighted by Crippen LogP contribution is 2.45. The van der Waals surface area contributed by atoms with Crippen LogP contribution in [0.3, 0.4) is 0 Å². The van der Waals surface area contributed by atoms with Crippen molar-refractivity contribution in [2.24, 2.45) is 0 Å². The lowest BCUT2D eigenvalue weighted by Crippen LogP contribution is -2.30. The fourth-order valence-corrected chi connectivity index (χ4v) is 12.8. The molecule has 0 aliphatic heterocycles. The zero-order chi connectivity index (χ0) is 77.4. The van der Waals surface area contributed by atoms with Crippen molar-refractivity contribution in [3.63, 3.8) is 0 Å². The van der Waals surface area contributed by atoms with Gasteiger partial charge in [-0.25, -0.2) is 9.13 Å². The molecule has 0 spiro atoms. The van der Waals surface area contributed by atoms with Crippen molar-refractivity contribution >= 4 is 39.5 Å². The van der Waals surface area contributed by atoms with E-state index in [1.165, 1.54) is 161 Å². The average Bonchev–Trinajstić information content (AvgIpc) is 0.902. The molecule has 0 radical (unpaired) electrons. The number of hydrogen-bond donors (Lipinski definition) is 3. The molecule has 612 valence electrons. The quantitative estimate of drug-likeness (QED) is 0.0169. The van der Waals surface area contributed by atoms with Crippen LogP contribution in [0, 0.1) is 0 Å². The summed E-state index contributed by atoms with van der Waals surface area (Å²) in [5, 5.41) is 10.7. The Kier molecular flexibility index (Phi) is 75.6. The summed E-state index contributed by atoms with van der Waals surface area (Å²) in [6.45, 7) is 4.74. The van der Waals surface area contributed by atoms with Crippen LogP contribution in [0.5, 0.6) is 0 Å². The maximum absolute atomic E-state index is 13.1. The van der Waals surface area contributed by atoms with Crippen molar-refractivity contribution in [3.05, 3.63) is 109 Å². The largest absolute Gasteiger partial charge is 0.472 e. The molecule has 0 aromatic carbocycles. The molecule has 17 nitrogen and oxygen atoms in total. The lowest BCUT2D eigenvalue weighted by atomic mass is 10.0. The van der Waals surface area contributed by atoms with E-state index < -0.39 is 97.5 Å². The fraction of sp³-hybridized carbons (Fsp3) is 0.747. The minimum Gasteiger partial charge on any atom is -0.462 e. The van der Waals surface area contributed by atoms with Gasteiger partial charge in [0, 0.05) is 25.7 Å². The normalized spacial score (nSPS) is 14.4. The molecule has 0 fully saturated rings. The van der Waals surface area contributed by atoms with Gasteiger partial charge in [-0.1, -0.05) is 317 Å². The highest BCUT2D eigenvalue weighted by Gasteiger charge is 2.30. The number of carbonyl (C=O) groups is 4. The average molecular weight is 1530 g/mol. The van der Waals surface area contributed by atoms with Gasteiger partial charge in [-0.05, 0) is 128 Å². The van der Waals surface area contributed by atoms with E-state index in [-0.39, 0.29) is 25.7 Å². The van der Waals surface area contributed by atoms with Crippen LogP contribution in [0.25, 0.3) is 0 Å². The highest BCUT2D eigenvalue weighted by atomic mass is 31.2. The number of hydrogen-bond acceptors (Lipinski definition) is 15. The van der Waals surface area contributed by atoms with Gasteiger partial charge in [-0.2, -0.15) is 0 Å². The number of ether oxygens (including phenoxy) is 4. The molecule has 0 aliphatic rings. The summed E-state index contributed by atoms with van der Waals surface area (Å²) < 4.78 is 68.6. The topological polar surface area (TPSA) is 237 Å². The first-order chi connectivity index (χ1) is 51.7. The zero-order valence-electron chi connectivity index (χ0n) is 67.1. The first-order valence-corrected chi connectivity index (χ1v) is 45.1. The third-order valence-corrected chi connectivity index (χ3v) is 19.6. The van der Waals surface area contributed by atoms with Gasteiger partial charge in [0.2, 0.25) is 0 Å². The van der Waals surface area contributed by atoms with Crippen molar-refractivity contribution in [1.29, 1.82) is 0 Å². The van der Waals surface area contributed by atoms with Crippen molar-refractivity contribution in [3.8, 4) is 0 Å². The summed E-state index contributed by atoms with van der Waals surface area (Å²) in [7, 11) is -9.99. The number of aliphatic hydroxyl groups excluding tert-OH is 1. The smallest absolute Gasteiger partial charge is 0.462 e. The molecule has 0 aromatic heterocycles. The van der Waals surface area contributed by atoms with Gasteiger partial charge in [0.1, 0.15) is 19.3 Å². The molecular weight excluding hydrogens is 1380 g/mol. The van der Waals surface area contributed by atoms with Gasteiger partial charge in [-0.3, -0.25) is 37.3 Å². The molecule has 0 amide bonds. The Bertz CT molecular complexity index is 2430. The predicted octanol–water partition coefficient (Wildman–Crippen LogP) is 24.9. The molecule has 0 saturated heterocycles. The Labute approximate surface area is 645 Å². The molecule has 0 heterocycles. The Morgan fingerprint density at radius 1 is 0.264 bits per heavy atom. The van der Waals surface area contributed by atoms with E-state index in [2.05, 4.69) is 113 Å². The Morgan fingerprint density at radius 2 is 0.472 bits per heavy atom. The third-order valence-electron chi connectivity index (χ3n) is 17.7. The van der Waals surface area contributed by atoms with E-state index in [0.717, 1.165) is 109 Å². The Balaban J connectivity index is 5.45. The van der Waals surface area contributed by atoms with Crippen molar-refractivity contribution in [1.82, 2.24) is 0 Å². The molecule has 0 aromatic rings. The lowest BCUT2D eigenvalue weighted by Gasteiger charge is -2.21. The second kappa shape index (κ2) is 78.8. The summed E-state index contributed by atoms with van der Waals surface area (Å²) >= 11 is 0. The van der Waals surface area contributed by atoms with Gasteiger partial charge in [-0.15, -0.1) is 0 Å². The first-order valence-electron chi connectivity index (χ1n) is 42.1. The van der Waals surface area contributed by atoms with E-state index in [4.69, 9.17) is 37.0 Å². The monoisotopic (exact) mass is 1530 g/mol. The van der Waals surface area contributed by atoms with Crippen LogP contribution in [-0.4, -0.2) is 96.7 Å². The van der Waals surface area contributed by atoms with E-state index in [1.54, 1.807) is 0 Å². The Hall–Kier alpha value is -4.28. The molecule has 0 saturated carbocycles. The second-order valence-corrected chi connectivity index (χ2v) is 31.0. The van der Waals surface area contributed by atoms with Crippen LogP contribution in [0.4, 0.5) is 0 Å². The van der Waals surface area contributed by atoms with Crippen LogP contribution in [-0.2, 0) is 65.4 Å². The summed E-state index contributed by atoms with van der Waals surface area (Å²) in [5.74, 6) is -2.30. The standard InChI is InChI=1S/C87H152O17P2/c1-5-9-13-17-21-25-29-33-37-40-44-47-51-55-59-63-67-71-84(89)97-77-82(103-86(91)73-69-65-61-57-53-49-43-36-32-28-24-20-16-12-8-4)79-101-105(93,94)99-75-81(88)76-100-106(95,96)102-80-83(104-87(92)74-70-66-62-58-54-50-46-42-39-35-31-27-23-19-15-11-7-3)78-98-85(90)72-68-64-60-56-52-48-45-41-38-34-30-26-22-18-14-10-6-2/h22-23,26-27,34-36,38-39,43,45-46,48,50,56,58,60,62,81-83,88H,5-21,24-25,28-33,37,40-42,44,47,49,51-55,57,59,61,63-80H2,1-4H3,(H,93,94)(H,95,96)/b26-22-,27-23-,38-34-,39-35-,43-36-,48-45-,50-46-,60-56-,62-58-/t81-,82+,83+/m0/s1. The number of phosphoric acid groups is 2. The molecule has 0 aliphatic carbocycles. The van der Waals surface area contributed by atoms with Crippen LogP contribution < -0.4 is 0 Å². The molecule has 19 heteroatoms. The van der Waals surface area contributed by atoms with Gasteiger partial charge >= 0.3 is 39.5 Å². The van der Waals surface area contributed by atoms with Crippen LogP contribution in [0.1, 0.15) is 362 Å². The minimum absolute atomic E-state index is 0.00646.